The molecule has 1 aromatic heterocycles. The van der Waals surface area contributed by atoms with E-state index in [1.807, 2.05) is 48.5 Å². The third-order valence-electron chi connectivity index (χ3n) is 6.49. The van der Waals surface area contributed by atoms with Gasteiger partial charge in [0.15, 0.2) is 0 Å². The quantitative estimate of drug-likeness (QED) is 0.393. The molecule has 178 valence electrons. The van der Waals surface area contributed by atoms with Crippen LogP contribution < -0.4 is 14.8 Å². The fourth-order valence-electron chi connectivity index (χ4n) is 4.40. The zero-order valence-electron chi connectivity index (χ0n) is 20.5. The molecule has 1 N–H and O–H groups in total. The summed E-state index contributed by atoms with van der Waals surface area (Å²) in [5.74, 6) is 1.87. The van der Waals surface area contributed by atoms with Crippen molar-refractivity contribution in [3.05, 3.63) is 70.1 Å². The molecule has 4 rings (SSSR count). The Kier molecular flexibility index (Phi) is 7.08. The molecule has 1 aliphatic carbocycles. The molecule has 2 aromatic carbocycles. The molecule has 0 bridgehead atoms. The molecule has 0 saturated heterocycles. The number of aliphatic imine (C=N–C) groups is 1. The van der Waals surface area contributed by atoms with Crippen molar-refractivity contribution in [2.45, 2.75) is 40.0 Å². The average molecular weight is 477 g/mol. The normalized spacial score (nSPS) is 15.7. The van der Waals surface area contributed by atoms with Crippen molar-refractivity contribution in [3.8, 4) is 11.5 Å². The number of fused-ring (bicyclic) bond motifs is 1. The van der Waals surface area contributed by atoms with Crippen molar-refractivity contribution in [2.75, 3.05) is 19.5 Å². The highest BCUT2D eigenvalue weighted by atomic mass is 32.1. The van der Waals surface area contributed by atoms with Gasteiger partial charge in [0.25, 0.3) is 5.91 Å². The molecule has 0 spiro atoms. The van der Waals surface area contributed by atoms with Crippen LogP contribution in [0.1, 0.15) is 53.6 Å². The molecule has 1 amide bonds. The van der Waals surface area contributed by atoms with Crippen molar-refractivity contribution in [1.29, 1.82) is 0 Å². The lowest BCUT2D eigenvalue weighted by molar-refractivity contribution is 0.102. The second-order valence-electron chi connectivity index (χ2n) is 9.68. The summed E-state index contributed by atoms with van der Waals surface area (Å²) in [4.78, 5) is 19.5. The molecule has 3 aromatic rings. The van der Waals surface area contributed by atoms with E-state index in [-0.39, 0.29) is 11.3 Å². The van der Waals surface area contributed by atoms with Crippen LogP contribution in [0.25, 0.3) is 0 Å². The number of benzene rings is 2. The van der Waals surface area contributed by atoms with E-state index < -0.39 is 0 Å². The predicted octanol–water partition coefficient (Wildman–Crippen LogP) is 6.92. The third-order valence-corrected chi connectivity index (χ3v) is 7.65. The first-order valence-electron chi connectivity index (χ1n) is 11.6. The van der Waals surface area contributed by atoms with E-state index in [9.17, 15) is 4.79 Å². The maximum absolute atomic E-state index is 13.4. The number of carbonyl (C=O) groups excluding carboxylic acids is 1. The van der Waals surface area contributed by atoms with Crippen molar-refractivity contribution >= 4 is 34.1 Å². The summed E-state index contributed by atoms with van der Waals surface area (Å²) < 4.78 is 10.8. The molecule has 1 heterocycles. The Morgan fingerprint density at radius 1 is 1.12 bits per heavy atom. The largest absolute Gasteiger partial charge is 0.497 e. The minimum Gasteiger partial charge on any atom is -0.497 e. The topological polar surface area (TPSA) is 59.9 Å². The number of thiophene rings is 1. The van der Waals surface area contributed by atoms with Gasteiger partial charge < -0.3 is 14.8 Å². The standard InChI is InChI=1S/C28H32N2O3S/c1-28(2,3)19-12-14-22-24(15-19)34-27(25(22)26(31)30-20-9-7-6-8-10-20)29-17-18-11-13-21(32-4)16-23(18)33-5/h6-11,13,16-17,19H,12,14-15H2,1-5H3,(H,30,31)/t19-/m0/s1. The van der Waals surface area contributed by atoms with Crippen molar-refractivity contribution < 1.29 is 14.3 Å². The van der Waals surface area contributed by atoms with Gasteiger partial charge >= 0.3 is 0 Å². The smallest absolute Gasteiger partial charge is 0.259 e. The highest BCUT2D eigenvalue weighted by Crippen LogP contribution is 2.45. The first kappa shape index (κ1) is 24.0. The number of rotatable bonds is 6. The Balaban J connectivity index is 1.72. The Bertz CT molecular complexity index is 1190. The van der Waals surface area contributed by atoms with Gasteiger partial charge in [-0.2, -0.15) is 0 Å². The summed E-state index contributed by atoms with van der Waals surface area (Å²) >= 11 is 1.64. The molecule has 1 aliphatic rings. The average Bonchev–Trinajstić information content (AvgIpc) is 3.20. The van der Waals surface area contributed by atoms with Gasteiger partial charge in [0, 0.05) is 28.4 Å². The van der Waals surface area contributed by atoms with Gasteiger partial charge in [-0.1, -0.05) is 39.0 Å². The second-order valence-corrected chi connectivity index (χ2v) is 10.8. The molecule has 0 radical (unpaired) electrons. The molecule has 6 heteroatoms. The van der Waals surface area contributed by atoms with E-state index in [4.69, 9.17) is 14.5 Å². The van der Waals surface area contributed by atoms with Gasteiger partial charge in [0.05, 0.1) is 19.8 Å². The van der Waals surface area contributed by atoms with Gasteiger partial charge in [-0.3, -0.25) is 4.79 Å². The number of nitrogens with one attached hydrogen (secondary N) is 1. The van der Waals surface area contributed by atoms with Gasteiger partial charge in [0.1, 0.15) is 16.5 Å². The van der Waals surface area contributed by atoms with E-state index in [1.165, 1.54) is 4.88 Å². The van der Waals surface area contributed by atoms with E-state index in [2.05, 4.69) is 26.1 Å². The number of amides is 1. The lowest BCUT2D eigenvalue weighted by Crippen LogP contribution is -2.27. The molecular formula is C28H32N2O3S. The first-order chi connectivity index (χ1) is 16.3. The van der Waals surface area contributed by atoms with Crippen LogP contribution in [0.3, 0.4) is 0 Å². The van der Waals surface area contributed by atoms with E-state index >= 15 is 0 Å². The number of ether oxygens (including phenoxy) is 2. The van der Waals surface area contributed by atoms with Crippen LogP contribution in [-0.2, 0) is 12.8 Å². The number of anilines is 1. The fraction of sp³-hybridized carbons (Fsp3) is 0.357. The van der Waals surface area contributed by atoms with Crippen LogP contribution in [0.4, 0.5) is 10.7 Å². The summed E-state index contributed by atoms with van der Waals surface area (Å²) in [7, 11) is 3.25. The molecule has 0 unspecified atom stereocenters. The lowest BCUT2D eigenvalue weighted by atomic mass is 9.72. The zero-order valence-corrected chi connectivity index (χ0v) is 21.3. The number of hydrogen-bond donors (Lipinski definition) is 1. The maximum atomic E-state index is 13.4. The number of nitrogens with zero attached hydrogens (tertiary/aromatic N) is 1. The predicted molar refractivity (Wildman–Crippen MR) is 140 cm³/mol. The van der Waals surface area contributed by atoms with Gasteiger partial charge in [0.2, 0.25) is 0 Å². The molecule has 5 nitrogen and oxygen atoms in total. The van der Waals surface area contributed by atoms with Crippen LogP contribution in [0, 0.1) is 11.3 Å². The van der Waals surface area contributed by atoms with Crippen LogP contribution in [0.5, 0.6) is 11.5 Å². The SMILES string of the molecule is COc1ccc(C=Nc2sc3c(c2C(=O)Nc2ccccc2)CC[C@H](C(C)(C)C)C3)c(OC)c1. The molecule has 0 saturated carbocycles. The summed E-state index contributed by atoms with van der Waals surface area (Å²) in [5, 5.41) is 3.81. The van der Waals surface area contributed by atoms with Crippen LogP contribution >= 0.6 is 11.3 Å². The Labute approximate surface area is 205 Å². The van der Waals surface area contributed by atoms with Crippen LogP contribution in [0.2, 0.25) is 0 Å². The minimum absolute atomic E-state index is 0.105. The number of carbonyl (C=O) groups is 1. The van der Waals surface area contributed by atoms with Gasteiger partial charge in [-0.15, -0.1) is 11.3 Å². The molecule has 0 fully saturated rings. The Morgan fingerprint density at radius 2 is 1.88 bits per heavy atom. The lowest BCUT2D eigenvalue weighted by Gasteiger charge is -2.33. The van der Waals surface area contributed by atoms with E-state index in [1.54, 1.807) is 31.8 Å². The zero-order chi connectivity index (χ0) is 24.3. The highest BCUT2D eigenvalue weighted by Gasteiger charge is 2.33. The number of para-hydroxylation sites is 1. The molecule has 1 atom stereocenters. The Morgan fingerprint density at radius 3 is 2.56 bits per heavy atom. The van der Waals surface area contributed by atoms with Crippen molar-refractivity contribution in [2.24, 2.45) is 16.3 Å². The summed E-state index contributed by atoms with van der Waals surface area (Å²) in [5.41, 5.74) is 3.68. The van der Waals surface area contributed by atoms with Crippen LogP contribution in [-0.4, -0.2) is 26.3 Å². The summed E-state index contributed by atoms with van der Waals surface area (Å²) in [6.07, 6.45) is 4.73. The fourth-order valence-corrected chi connectivity index (χ4v) is 5.67. The molecular weight excluding hydrogens is 444 g/mol. The van der Waals surface area contributed by atoms with Crippen molar-refractivity contribution in [1.82, 2.24) is 0 Å². The second kappa shape index (κ2) is 10.0. The number of hydrogen-bond acceptors (Lipinski definition) is 5. The van der Waals surface area contributed by atoms with E-state index in [0.717, 1.165) is 46.8 Å². The van der Waals surface area contributed by atoms with Gasteiger partial charge in [-0.25, -0.2) is 4.99 Å². The molecule has 34 heavy (non-hydrogen) atoms. The summed E-state index contributed by atoms with van der Waals surface area (Å²) in [6, 6.07) is 15.2. The van der Waals surface area contributed by atoms with Crippen LogP contribution in [0.15, 0.2) is 53.5 Å². The first-order valence-corrected chi connectivity index (χ1v) is 12.4. The highest BCUT2D eigenvalue weighted by molar-refractivity contribution is 7.16. The Hall–Kier alpha value is -3.12. The molecule has 0 aliphatic heterocycles. The minimum atomic E-state index is -0.105. The van der Waals surface area contributed by atoms with E-state index in [0.29, 0.717) is 17.2 Å². The van der Waals surface area contributed by atoms with Gasteiger partial charge in [-0.05, 0) is 60.4 Å². The third kappa shape index (κ3) is 5.17. The monoisotopic (exact) mass is 476 g/mol. The summed E-state index contributed by atoms with van der Waals surface area (Å²) in [6.45, 7) is 6.90. The maximum Gasteiger partial charge on any atom is 0.259 e. The van der Waals surface area contributed by atoms with Crippen molar-refractivity contribution in [3.63, 3.8) is 0 Å². The number of methoxy groups -OCH3 is 2.